The van der Waals surface area contributed by atoms with Gasteiger partial charge in [0.25, 0.3) is 0 Å². The molecule has 0 atom stereocenters. The Morgan fingerprint density at radius 2 is 1.64 bits per heavy atom. The third-order valence-corrected chi connectivity index (χ3v) is 2.60. The van der Waals surface area contributed by atoms with E-state index in [4.69, 9.17) is 0 Å². The van der Waals surface area contributed by atoms with Crippen LogP contribution in [0.1, 0.15) is 27.7 Å². The Bertz CT molecular complexity index is 143. The lowest BCUT2D eigenvalue weighted by Gasteiger charge is -2.36. The lowest BCUT2D eigenvalue weighted by Crippen LogP contribution is -2.41. The van der Waals surface area contributed by atoms with Gasteiger partial charge >= 0.3 is 0 Å². The number of likely N-dealkylation sites (N-methyl/N-ethyl adjacent to an activating group) is 1. The summed E-state index contributed by atoms with van der Waals surface area (Å²) in [5.41, 5.74) is 1.41. The predicted molar refractivity (Wildman–Crippen MR) is 51.7 cm³/mol. The normalized spacial score (nSPS) is 12.7. The van der Waals surface area contributed by atoms with Gasteiger partial charge in [0, 0.05) is 5.54 Å². The molecule has 1 heteroatoms. The summed E-state index contributed by atoms with van der Waals surface area (Å²) in [6.45, 7) is 12.9. The Labute approximate surface area is 71.1 Å². The molecule has 0 radical (unpaired) electrons. The molecule has 1 nitrogen and oxygen atoms in total. The van der Waals surface area contributed by atoms with Gasteiger partial charge in [-0.15, -0.1) is 0 Å². The summed E-state index contributed by atoms with van der Waals surface area (Å²) in [7, 11) is 4.18. The van der Waals surface area contributed by atoms with Crippen LogP contribution in [0.5, 0.6) is 0 Å². The average Bonchev–Trinajstić information content (AvgIpc) is 1.85. The minimum atomic E-state index is 0.119. The van der Waals surface area contributed by atoms with Crippen LogP contribution in [0.15, 0.2) is 12.2 Å². The zero-order chi connectivity index (χ0) is 9.23. The molecule has 0 aliphatic carbocycles. The fourth-order valence-electron chi connectivity index (χ4n) is 0.994. The van der Waals surface area contributed by atoms with Crippen molar-refractivity contribution in [2.45, 2.75) is 33.2 Å². The number of hydrogen-bond donors (Lipinski definition) is 0. The Balaban J connectivity index is 4.43. The Kier molecular flexibility index (Phi) is 3.30. The molecule has 0 saturated carbocycles. The maximum atomic E-state index is 4.11. The minimum Gasteiger partial charge on any atom is -0.301 e. The first-order chi connectivity index (χ1) is 4.80. The van der Waals surface area contributed by atoms with Crippen molar-refractivity contribution in [3.05, 3.63) is 12.2 Å². The molecular formula is C10H21N. The van der Waals surface area contributed by atoms with Crippen molar-refractivity contribution in [3.8, 4) is 0 Å². The van der Waals surface area contributed by atoms with Gasteiger partial charge in [-0.05, 0) is 33.9 Å². The van der Waals surface area contributed by atoms with Crippen LogP contribution in [-0.2, 0) is 0 Å². The third kappa shape index (κ3) is 2.33. The lowest BCUT2D eigenvalue weighted by atomic mass is 9.86. The molecule has 0 aromatic rings. The van der Waals surface area contributed by atoms with Gasteiger partial charge in [0.05, 0.1) is 0 Å². The molecule has 0 aromatic carbocycles. The predicted octanol–water partition coefficient (Wildman–Crippen LogP) is 2.54. The topological polar surface area (TPSA) is 3.24 Å². The summed E-state index contributed by atoms with van der Waals surface area (Å²) in [4.78, 5) is 2.20. The standard InChI is InChI=1S/C10H21N/c1-8(2)9(3)10(4,5)11(6)7/h8H,3H2,1-2,4-7H3. The van der Waals surface area contributed by atoms with E-state index < -0.39 is 0 Å². The number of hydrogen-bond acceptors (Lipinski definition) is 1. The molecule has 0 bridgehead atoms. The average molecular weight is 155 g/mol. The highest BCUT2D eigenvalue weighted by atomic mass is 15.1. The number of nitrogens with zero attached hydrogens (tertiary/aromatic N) is 1. The van der Waals surface area contributed by atoms with Crippen LogP contribution in [0, 0.1) is 5.92 Å². The van der Waals surface area contributed by atoms with Crippen LogP contribution in [0.3, 0.4) is 0 Å². The van der Waals surface area contributed by atoms with Gasteiger partial charge in [0.1, 0.15) is 0 Å². The van der Waals surface area contributed by atoms with E-state index in [0.717, 1.165) is 0 Å². The molecule has 0 saturated heterocycles. The van der Waals surface area contributed by atoms with E-state index in [1.165, 1.54) is 5.57 Å². The van der Waals surface area contributed by atoms with Crippen LogP contribution < -0.4 is 0 Å². The van der Waals surface area contributed by atoms with Crippen LogP contribution in [-0.4, -0.2) is 24.5 Å². The second-order valence-corrected chi connectivity index (χ2v) is 4.13. The van der Waals surface area contributed by atoms with E-state index in [1.54, 1.807) is 0 Å². The van der Waals surface area contributed by atoms with Crippen molar-refractivity contribution in [2.75, 3.05) is 14.1 Å². The monoisotopic (exact) mass is 155 g/mol. The molecule has 0 rings (SSSR count). The second-order valence-electron chi connectivity index (χ2n) is 4.13. The van der Waals surface area contributed by atoms with Crippen LogP contribution >= 0.6 is 0 Å². The first kappa shape index (κ1) is 10.7. The molecular weight excluding hydrogens is 134 g/mol. The molecule has 66 valence electrons. The zero-order valence-electron chi connectivity index (χ0n) is 8.73. The Hall–Kier alpha value is -0.300. The smallest absolute Gasteiger partial charge is 0.0357 e. The van der Waals surface area contributed by atoms with Crippen molar-refractivity contribution in [3.63, 3.8) is 0 Å². The summed E-state index contributed by atoms with van der Waals surface area (Å²) in [6, 6.07) is 0. The maximum absolute atomic E-state index is 4.11. The maximum Gasteiger partial charge on any atom is 0.0357 e. The SMILES string of the molecule is C=C(C(C)C)C(C)(C)N(C)C. The highest BCUT2D eigenvalue weighted by Gasteiger charge is 2.25. The van der Waals surface area contributed by atoms with E-state index in [0.29, 0.717) is 5.92 Å². The van der Waals surface area contributed by atoms with E-state index in [-0.39, 0.29) is 5.54 Å². The van der Waals surface area contributed by atoms with Crippen LogP contribution in [0.25, 0.3) is 0 Å². The van der Waals surface area contributed by atoms with E-state index >= 15 is 0 Å². The van der Waals surface area contributed by atoms with Gasteiger partial charge in [-0.25, -0.2) is 0 Å². The molecule has 0 aliphatic heterocycles. The molecule has 0 amide bonds. The molecule has 0 aromatic heterocycles. The van der Waals surface area contributed by atoms with Crippen molar-refractivity contribution in [2.24, 2.45) is 5.92 Å². The number of rotatable bonds is 3. The summed E-state index contributed by atoms with van der Waals surface area (Å²) in [5, 5.41) is 0. The Morgan fingerprint density at radius 1 is 1.27 bits per heavy atom. The van der Waals surface area contributed by atoms with Gasteiger partial charge in [0.2, 0.25) is 0 Å². The molecule has 0 fully saturated rings. The van der Waals surface area contributed by atoms with Crippen molar-refractivity contribution < 1.29 is 0 Å². The minimum absolute atomic E-state index is 0.119. The highest BCUT2D eigenvalue weighted by Crippen LogP contribution is 2.25. The molecule has 0 N–H and O–H groups in total. The summed E-state index contributed by atoms with van der Waals surface area (Å²) >= 11 is 0. The second kappa shape index (κ2) is 3.40. The third-order valence-electron chi connectivity index (χ3n) is 2.60. The van der Waals surface area contributed by atoms with Crippen molar-refractivity contribution >= 4 is 0 Å². The van der Waals surface area contributed by atoms with Crippen LogP contribution in [0.4, 0.5) is 0 Å². The summed E-state index contributed by atoms with van der Waals surface area (Å²) in [5.74, 6) is 0.562. The van der Waals surface area contributed by atoms with Crippen LogP contribution in [0.2, 0.25) is 0 Å². The van der Waals surface area contributed by atoms with Gasteiger partial charge in [-0.1, -0.05) is 26.0 Å². The molecule has 0 aliphatic rings. The fourth-order valence-corrected chi connectivity index (χ4v) is 0.994. The lowest BCUT2D eigenvalue weighted by molar-refractivity contribution is 0.224. The quantitative estimate of drug-likeness (QED) is 0.566. The van der Waals surface area contributed by atoms with Gasteiger partial charge in [-0.2, -0.15) is 0 Å². The van der Waals surface area contributed by atoms with E-state index in [9.17, 15) is 0 Å². The molecule has 0 unspecified atom stereocenters. The molecule has 11 heavy (non-hydrogen) atoms. The van der Waals surface area contributed by atoms with Crippen molar-refractivity contribution in [1.29, 1.82) is 0 Å². The first-order valence-electron chi connectivity index (χ1n) is 4.16. The fraction of sp³-hybridized carbons (Fsp3) is 0.800. The first-order valence-corrected chi connectivity index (χ1v) is 4.16. The van der Waals surface area contributed by atoms with E-state index in [2.05, 4.69) is 53.3 Å². The van der Waals surface area contributed by atoms with Crippen molar-refractivity contribution in [1.82, 2.24) is 4.90 Å². The molecule has 0 heterocycles. The van der Waals surface area contributed by atoms with Gasteiger partial charge < -0.3 is 4.90 Å². The van der Waals surface area contributed by atoms with Gasteiger partial charge in [-0.3, -0.25) is 0 Å². The van der Waals surface area contributed by atoms with E-state index in [1.807, 2.05) is 0 Å². The van der Waals surface area contributed by atoms with Gasteiger partial charge in [0.15, 0.2) is 0 Å². The largest absolute Gasteiger partial charge is 0.301 e. The highest BCUT2D eigenvalue weighted by molar-refractivity contribution is 5.14. The Morgan fingerprint density at radius 3 is 1.73 bits per heavy atom. The zero-order valence-corrected chi connectivity index (χ0v) is 8.73. The summed E-state index contributed by atoms with van der Waals surface area (Å²) < 4.78 is 0. The molecule has 0 spiro atoms. The summed E-state index contributed by atoms with van der Waals surface area (Å²) in [6.07, 6.45) is 0.